The summed E-state index contributed by atoms with van der Waals surface area (Å²) in [6.07, 6.45) is 2.47. The first-order chi connectivity index (χ1) is 9.82. The van der Waals surface area contributed by atoms with Crippen LogP contribution in [0.15, 0.2) is 12.1 Å². The van der Waals surface area contributed by atoms with Crippen LogP contribution >= 0.6 is 0 Å². The summed E-state index contributed by atoms with van der Waals surface area (Å²) in [6.45, 7) is 11.6. The van der Waals surface area contributed by atoms with Crippen molar-refractivity contribution in [2.24, 2.45) is 0 Å². The molecule has 0 atom stereocenters. The van der Waals surface area contributed by atoms with Gasteiger partial charge in [-0.25, -0.2) is 4.98 Å². The average molecular weight is 291 g/mol. The fourth-order valence-corrected chi connectivity index (χ4v) is 2.51. The Morgan fingerprint density at radius 2 is 1.95 bits per heavy atom. The molecule has 0 saturated carbocycles. The third kappa shape index (κ3) is 5.64. The number of hydrogen-bond acceptors (Lipinski definition) is 4. The summed E-state index contributed by atoms with van der Waals surface area (Å²) in [6, 6.07) is 4.20. The molecule has 4 nitrogen and oxygen atoms in total. The minimum absolute atomic E-state index is 0.117. The zero-order valence-electron chi connectivity index (χ0n) is 14.1. The Morgan fingerprint density at radius 3 is 2.57 bits per heavy atom. The van der Waals surface area contributed by atoms with Crippen molar-refractivity contribution in [3.8, 4) is 5.88 Å². The van der Waals surface area contributed by atoms with E-state index in [4.69, 9.17) is 4.74 Å². The number of aromatic nitrogens is 1. The van der Waals surface area contributed by atoms with Crippen molar-refractivity contribution < 1.29 is 4.74 Å². The van der Waals surface area contributed by atoms with E-state index in [0.717, 1.165) is 44.0 Å². The van der Waals surface area contributed by atoms with Gasteiger partial charge in [-0.2, -0.15) is 0 Å². The lowest BCUT2D eigenvalue weighted by molar-refractivity contribution is 0.110. The second-order valence-electron chi connectivity index (χ2n) is 7.18. The van der Waals surface area contributed by atoms with Gasteiger partial charge in [0, 0.05) is 36.9 Å². The maximum Gasteiger partial charge on any atom is 0.214 e. The van der Waals surface area contributed by atoms with Gasteiger partial charge in [0.1, 0.15) is 6.10 Å². The lowest BCUT2D eigenvalue weighted by atomic mass is 10.1. The molecule has 1 aliphatic heterocycles. The van der Waals surface area contributed by atoms with Crippen LogP contribution in [0.5, 0.6) is 5.88 Å². The maximum atomic E-state index is 6.09. The number of rotatable bonds is 4. The van der Waals surface area contributed by atoms with Gasteiger partial charge in [-0.15, -0.1) is 0 Å². The number of piperidine rings is 1. The number of pyridine rings is 1. The first kappa shape index (κ1) is 16.2. The van der Waals surface area contributed by atoms with E-state index in [-0.39, 0.29) is 5.54 Å². The van der Waals surface area contributed by atoms with Crippen molar-refractivity contribution in [1.29, 1.82) is 0 Å². The van der Waals surface area contributed by atoms with Gasteiger partial charge in [0.2, 0.25) is 5.88 Å². The second kappa shape index (κ2) is 6.75. The van der Waals surface area contributed by atoms with Crippen LogP contribution in [0.1, 0.15) is 44.9 Å². The highest BCUT2D eigenvalue weighted by Gasteiger charge is 2.19. The Balaban J connectivity index is 1.98. The van der Waals surface area contributed by atoms with Crippen LogP contribution in [-0.4, -0.2) is 41.7 Å². The Bertz CT molecular complexity index is 460. The third-order valence-corrected chi connectivity index (χ3v) is 3.77. The first-order valence-corrected chi connectivity index (χ1v) is 7.90. The normalized spacial score (nSPS) is 18.0. The smallest absolute Gasteiger partial charge is 0.214 e. The minimum atomic E-state index is 0.117. The monoisotopic (exact) mass is 291 g/mol. The number of hydrogen-bond donors (Lipinski definition) is 1. The molecule has 0 amide bonds. The standard InChI is InChI=1S/C17H29N3O/c1-13-10-14(12-18-17(2,3)4)11-16(19-13)21-15-6-8-20(5)9-7-15/h10-11,15,18H,6-9,12H2,1-5H3. The molecule has 2 heterocycles. The molecule has 0 aromatic carbocycles. The highest BCUT2D eigenvalue weighted by Crippen LogP contribution is 2.19. The van der Waals surface area contributed by atoms with Gasteiger partial charge < -0.3 is 15.0 Å². The molecule has 0 unspecified atom stereocenters. The predicted octanol–water partition coefficient (Wildman–Crippen LogP) is 2.75. The fraction of sp³-hybridized carbons (Fsp3) is 0.706. The van der Waals surface area contributed by atoms with Crippen molar-refractivity contribution in [3.05, 3.63) is 23.4 Å². The summed E-state index contributed by atoms with van der Waals surface area (Å²) in [5.41, 5.74) is 2.37. The fourth-order valence-electron chi connectivity index (χ4n) is 2.51. The van der Waals surface area contributed by atoms with Gasteiger partial charge in [-0.05, 0) is 59.2 Å². The number of nitrogens with one attached hydrogen (secondary N) is 1. The zero-order valence-corrected chi connectivity index (χ0v) is 14.1. The zero-order chi connectivity index (χ0) is 15.5. The molecule has 4 heteroatoms. The third-order valence-electron chi connectivity index (χ3n) is 3.77. The summed E-state index contributed by atoms with van der Waals surface area (Å²) >= 11 is 0. The van der Waals surface area contributed by atoms with Gasteiger partial charge in [0.15, 0.2) is 0 Å². The van der Waals surface area contributed by atoms with Crippen molar-refractivity contribution in [1.82, 2.24) is 15.2 Å². The van der Waals surface area contributed by atoms with Crippen LogP contribution in [0.3, 0.4) is 0 Å². The van der Waals surface area contributed by atoms with E-state index >= 15 is 0 Å². The summed E-state index contributed by atoms with van der Waals surface area (Å²) in [5, 5.41) is 3.51. The van der Waals surface area contributed by atoms with Gasteiger partial charge in [0.05, 0.1) is 0 Å². The van der Waals surface area contributed by atoms with Crippen molar-refractivity contribution in [3.63, 3.8) is 0 Å². The molecule has 1 saturated heterocycles. The average Bonchev–Trinajstić information content (AvgIpc) is 2.38. The largest absolute Gasteiger partial charge is 0.474 e. The molecule has 2 rings (SSSR count). The van der Waals surface area contributed by atoms with Crippen molar-refractivity contribution in [2.75, 3.05) is 20.1 Å². The van der Waals surface area contributed by atoms with E-state index in [0.29, 0.717) is 6.10 Å². The molecule has 0 aliphatic carbocycles. The maximum absolute atomic E-state index is 6.09. The minimum Gasteiger partial charge on any atom is -0.474 e. The summed E-state index contributed by atoms with van der Waals surface area (Å²) in [4.78, 5) is 6.88. The van der Waals surface area contributed by atoms with Crippen LogP contribution in [-0.2, 0) is 6.54 Å². The topological polar surface area (TPSA) is 37.4 Å². The van der Waals surface area contributed by atoms with E-state index < -0.39 is 0 Å². The highest BCUT2D eigenvalue weighted by molar-refractivity contribution is 5.25. The van der Waals surface area contributed by atoms with E-state index in [1.807, 2.05) is 6.92 Å². The number of aryl methyl sites for hydroxylation is 1. The van der Waals surface area contributed by atoms with Crippen LogP contribution < -0.4 is 10.1 Å². The molecule has 0 bridgehead atoms. The molecule has 118 valence electrons. The van der Waals surface area contributed by atoms with Gasteiger partial charge in [0.25, 0.3) is 0 Å². The molecule has 1 N–H and O–H groups in total. The van der Waals surface area contributed by atoms with Crippen LogP contribution in [0.25, 0.3) is 0 Å². The number of nitrogens with zero attached hydrogens (tertiary/aromatic N) is 2. The Labute approximate surface area is 128 Å². The second-order valence-corrected chi connectivity index (χ2v) is 7.18. The lowest BCUT2D eigenvalue weighted by Gasteiger charge is -2.29. The number of ether oxygens (including phenoxy) is 1. The molecule has 21 heavy (non-hydrogen) atoms. The molecule has 0 spiro atoms. The van der Waals surface area contributed by atoms with E-state index in [9.17, 15) is 0 Å². The predicted molar refractivity (Wildman–Crippen MR) is 86.7 cm³/mol. The summed E-state index contributed by atoms with van der Waals surface area (Å²) < 4.78 is 6.09. The highest BCUT2D eigenvalue weighted by atomic mass is 16.5. The van der Waals surface area contributed by atoms with Crippen molar-refractivity contribution >= 4 is 0 Å². The molecule has 1 aliphatic rings. The summed E-state index contributed by atoms with van der Waals surface area (Å²) in [5.74, 6) is 0.773. The Kier molecular flexibility index (Phi) is 5.22. The van der Waals surface area contributed by atoms with Crippen LogP contribution in [0, 0.1) is 6.92 Å². The SMILES string of the molecule is Cc1cc(CNC(C)(C)C)cc(OC2CCN(C)CC2)n1. The quantitative estimate of drug-likeness (QED) is 0.925. The van der Waals surface area contributed by atoms with Crippen LogP contribution in [0.2, 0.25) is 0 Å². The van der Waals surface area contributed by atoms with Gasteiger partial charge >= 0.3 is 0 Å². The van der Waals surface area contributed by atoms with E-state index in [1.54, 1.807) is 0 Å². The van der Waals surface area contributed by atoms with Gasteiger partial charge in [-0.3, -0.25) is 0 Å². The van der Waals surface area contributed by atoms with Crippen LogP contribution in [0.4, 0.5) is 0 Å². The summed E-state index contributed by atoms with van der Waals surface area (Å²) in [7, 11) is 2.16. The Morgan fingerprint density at radius 1 is 1.29 bits per heavy atom. The Hall–Kier alpha value is -1.13. The molecular formula is C17H29N3O. The first-order valence-electron chi connectivity index (χ1n) is 7.90. The van der Waals surface area contributed by atoms with Gasteiger partial charge in [-0.1, -0.05) is 0 Å². The molecule has 1 aromatic rings. The number of likely N-dealkylation sites (tertiary alicyclic amines) is 1. The molecular weight excluding hydrogens is 262 g/mol. The van der Waals surface area contributed by atoms with E-state index in [2.05, 4.69) is 55.2 Å². The molecule has 1 aromatic heterocycles. The van der Waals surface area contributed by atoms with Crippen molar-refractivity contribution in [2.45, 2.75) is 58.7 Å². The van der Waals surface area contributed by atoms with E-state index in [1.165, 1.54) is 5.56 Å². The molecule has 1 fully saturated rings. The molecule has 0 radical (unpaired) electrons. The lowest BCUT2D eigenvalue weighted by Crippen LogP contribution is -2.36.